The summed E-state index contributed by atoms with van der Waals surface area (Å²) in [7, 11) is -1.86. The van der Waals surface area contributed by atoms with Crippen molar-refractivity contribution < 1.29 is 8.85 Å². The minimum atomic E-state index is -1.86. The summed E-state index contributed by atoms with van der Waals surface area (Å²) in [6.07, 6.45) is 5.16. The van der Waals surface area contributed by atoms with Gasteiger partial charge in [-0.2, -0.15) is 0 Å². The first-order valence-corrected chi connectivity index (χ1v) is 8.68. The van der Waals surface area contributed by atoms with Crippen LogP contribution in [-0.2, 0) is 8.85 Å². The van der Waals surface area contributed by atoms with Gasteiger partial charge in [-0.15, -0.1) is 6.58 Å². The fraction of sp³-hybridized carbons (Fsp3) is 0.833. The van der Waals surface area contributed by atoms with E-state index in [1.807, 2.05) is 6.08 Å². The highest BCUT2D eigenvalue weighted by Crippen LogP contribution is 2.10. The Bertz CT molecular complexity index is 167. The Morgan fingerprint density at radius 2 is 1.80 bits per heavy atom. The van der Waals surface area contributed by atoms with Crippen molar-refractivity contribution in [2.75, 3.05) is 13.2 Å². The standard InChI is InChI=1S/C12H26O2Si/c1-6-7-10-13-15(4,5)14-11-8-9-12(2)3/h6,12H,1,7-11H2,2-5H3. The van der Waals surface area contributed by atoms with E-state index in [0.717, 1.165) is 32.0 Å². The lowest BCUT2D eigenvalue weighted by Gasteiger charge is -2.22. The molecule has 15 heavy (non-hydrogen) atoms. The van der Waals surface area contributed by atoms with Crippen LogP contribution in [0.2, 0.25) is 13.1 Å². The number of rotatable bonds is 9. The second kappa shape index (κ2) is 8.08. The van der Waals surface area contributed by atoms with Gasteiger partial charge in [-0.1, -0.05) is 19.9 Å². The summed E-state index contributed by atoms with van der Waals surface area (Å²) in [5.41, 5.74) is 0. The third kappa shape index (κ3) is 10.2. The molecule has 0 unspecified atom stereocenters. The zero-order valence-corrected chi connectivity index (χ0v) is 11.7. The molecule has 0 aliphatic carbocycles. The maximum absolute atomic E-state index is 5.81. The van der Waals surface area contributed by atoms with Gasteiger partial charge in [-0.05, 0) is 38.3 Å². The van der Waals surface area contributed by atoms with Crippen LogP contribution in [0.25, 0.3) is 0 Å². The normalized spacial score (nSPS) is 12.1. The van der Waals surface area contributed by atoms with Gasteiger partial charge < -0.3 is 8.85 Å². The molecule has 0 atom stereocenters. The summed E-state index contributed by atoms with van der Waals surface area (Å²) < 4.78 is 11.5. The van der Waals surface area contributed by atoms with Crippen molar-refractivity contribution in [1.82, 2.24) is 0 Å². The SMILES string of the molecule is C=CCCO[Si](C)(C)OCCCC(C)C. The van der Waals surface area contributed by atoms with Crippen LogP contribution in [0.15, 0.2) is 12.7 Å². The third-order valence-corrected chi connectivity index (χ3v) is 3.95. The minimum absolute atomic E-state index is 0.743. The summed E-state index contributed by atoms with van der Waals surface area (Å²) in [4.78, 5) is 0. The van der Waals surface area contributed by atoms with E-state index in [1.54, 1.807) is 0 Å². The van der Waals surface area contributed by atoms with Crippen LogP contribution >= 0.6 is 0 Å². The quantitative estimate of drug-likeness (QED) is 0.341. The van der Waals surface area contributed by atoms with Gasteiger partial charge in [0, 0.05) is 13.2 Å². The van der Waals surface area contributed by atoms with Crippen molar-refractivity contribution in [3.63, 3.8) is 0 Å². The highest BCUT2D eigenvalue weighted by atomic mass is 28.4. The van der Waals surface area contributed by atoms with Gasteiger partial charge in [0.05, 0.1) is 0 Å². The Hall–Kier alpha value is -0.123. The first-order chi connectivity index (χ1) is 6.98. The summed E-state index contributed by atoms with van der Waals surface area (Å²) in [6.45, 7) is 13.9. The Kier molecular flexibility index (Phi) is 8.01. The summed E-state index contributed by atoms with van der Waals surface area (Å²) in [5, 5.41) is 0. The Morgan fingerprint density at radius 1 is 1.20 bits per heavy atom. The van der Waals surface area contributed by atoms with E-state index in [2.05, 4.69) is 33.5 Å². The van der Waals surface area contributed by atoms with Crippen molar-refractivity contribution in [3.8, 4) is 0 Å². The molecule has 0 aromatic carbocycles. The molecule has 0 rings (SSSR count). The van der Waals surface area contributed by atoms with E-state index in [-0.39, 0.29) is 0 Å². The molecule has 0 bridgehead atoms. The molecule has 0 aliphatic heterocycles. The molecular weight excluding hydrogens is 204 g/mol. The molecule has 0 saturated heterocycles. The van der Waals surface area contributed by atoms with Gasteiger partial charge in [0.1, 0.15) is 0 Å². The molecule has 0 fully saturated rings. The van der Waals surface area contributed by atoms with Crippen LogP contribution in [0, 0.1) is 5.92 Å². The van der Waals surface area contributed by atoms with Crippen LogP contribution in [0.1, 0.15) is 33.1 Å². The second-order valence-electron chi connectivity index (χ2n) is 4.71. The lowest BCUT2D eigenvalue weighted by atomic mass is 10.1. The molecule has 0 radical (unpaired) electrons. The van der Waals surface area contributed by atoms with Gasteiger partial charge in [0.15, 0.2) is 0 Å². The average molecular weight is 230 g/mol. The monoisotopic (exact) mass is 230 g/mol. The fourth-order valence-electron chi connectivity index (χ4n) is 1.24. The summed E-state index contributed by atoms with van der Waals surface area (Å²) in [5.74, 6) is 0.764. The van der Waals surface area contributed by atoms with Crippen molar-refractivity contribution >= 4 is 8.56 Å². The molecule has 2 nitrogen and oxygen atoms in total. The van der Waals surface area contributed by atoms with E-state index in [1.165, 1.54) is 6.42 Å². The molecule has 0 aromatic rings. The minimum Gasteiger partial charge on any atom is -0.395 e. The molecule has 0 aliphatic rings. The third-order valence-electron chi connectivity index (χ3n) is 2.15. The lowest BCUT2D eigenvalue weighted by Crippen LogP contribution is -2.35. The highest BCUT2D eigenvalue weighted by molar-refractivity contribution is 6.64. The van der Waals surface area contributed by atoms with E-state index in [9.17, 15) is 0 Å². The Balaban J connectivity index is 3.50. The zero-order chi connectivity index (χ0) is 11.7. The topological polar surface area (TPSA) is 18.5 Å². The molecular formula is C12H26O2Si. The first-order valence-electron chi connectivity index (χ1n) is 5.87. The maximum Gasteiger partial charge on any atom is 0.331 e. The average Bonchev–Trinajstić information content (AvgIpc) is 2.13. The molecule has 0 amide bonds. The molecule has 3 heteroatoms. The van der Waals surface area contributed by atoms with Gasteiger partial charge in [-0.3, -0.25) is 0 Å². The van der Waals surface area contributed by atoms with Crippen molar-refractivity contribution in [2.45, 2.75) is 46.2 Å². The van der Waals surface area contributed by atoms with Gasteiger partial charge in [0.2, 0.25) is 0 Å². The van der Waals surface area contributed by atoms with Crippen LogP contribution in [-0.4, -0.2) is 21.8 Å². The fourth-order valence-corrected chi connectivity index (χ4v) is 2.57. The van der Waals surface area contributed by atoms with Crippen molar-refractivity contribution in [2.24, 2.45) is 5.92 Å². The zero-order valence-electron chi connectivity index (χ0n) is 10.7. The molecule has 0 heterocycles. The molecule has 0 spiro atoms. The molecule has 0 N–H and O–H groups in total. The molecule has 0 saturated carbocycles. The van der Waals surface area contributed by atoms with E-state index >= 15 is 0 Å². The predicted molar refractivity (Wildman–Crippen MR) is 68.3 cm³/mol. The second-order valence-corrected chi connectivity index (χ2v) is 8.09. The predicted octanol–water partition coefficient (Wildman–Crippen LogP) is 3.73. The Morgan fingerprint density at radius 3 is 2.33 bits per heavy atom. The number of hydrogen-bond acceptors (Lipinski definition) is 2. The van der Waals surface area contributed by atoms with Gasteiger partial charge in [0.25, 0.3) is 0 Å². The molecule has 0 aromatic heterocycles. The van der Waals surface area contributed by atoms with Gasteiger partial charge in [-0.25, -0.2) is 0 Å². The first kappa shape index (κ1) is 14.9. The largest absolute Gasteiger partial charge is 0.395 e. The number of hydrogen-bond donors (Lipinski definition) is 0. The van der Waals surface area contributed by atoms with Crippen LogP contribution in [0.3, 0.4) is 0 Å². The summed E-state index contributed by atoms with van der Waals surface area (Å²) >= 11 is 0. The smallest absolute Gasteiger partial charge is 0.331 e. The van der Waals surface area contributed by atoms with Crippen LogP contribution < -0.4 is 0 Å². The lowest BCUT2D eigenvalue weighted by molar-refractivity contribution is 0.177. The van der Waals surface area contributed by atoms with Crippen molar-refractivity contribution in [1.29, 1.82) is 0 Å². The van der Waals surface area contributed by atoms with E-state index < -0.39 is 8.56 Å². The van der Waals surface area contributed by atoms with E-state index in [4.69, 9.17) is 8.85 Å². The van der Waals surface area contributed by atoms with Gasteiger partial charge >= 0.3 is 8.56 Å². The van der Waals surface area contributed by atoms with Crippen LogP contribution in [0.4, 0.5) is 0 Å². The van der Waals surface area contributed by atoms with Crippen LogP contribution in [0.5, 0.6) is 0 Å². The van der Waals surface area contributed by atoms with E-state index in [0.29, 0.717) is 0 Å². The molecule has 90 valence electrons. The highest BCUT2D eigenvalue weighted by Gasteiger charge is 2.23. The summed E-state index contributed by atoms with van der Waals surface area (Å²) in [6, 6.07) is 0. The maximum atomic E-state index is 5.81. The van der Waals surface area contributed by atoms with Crippen molar-refractivity contribution in [3.05, 3.63) is 12.7 Å². The Labute approximate surface area is 95.9 Å².